The number of esters is 2. The maximum Gasteiger partial charge on any atom is 0.347 e. The zero-order valence-corrected chi connectivity index (χ0v) is 11.9. The van der Waals surface area contributed by atoms with Gasteiger partial charge in [-0.3, -0.25) is 10.1 Å². The van der Waals surface area contributed by atoms with Crippen molar-refractivity contribution < 1.29 is 33.5 Å². The second kappa shape index (κ2) is 6.29. The molecule has 0 amide bonds. The van der Waals surface area contributed by atoms with Crippen LogP contribution in [0.3, 0.4) is 0 Å². The van der Waals surface area contributed by atoms with Crippen LogP contribution in [0.15, 0.2) is 12.1 Å². The third kappa shape index (κ3) is 2.92. The Labute approximate surface area is 124 Å². The third-order valence-corrected chi connectivity index (χ3v) is 3.06. The summed E-state index contributed by atoms with van der Waals surface area (Å²) in [7, 11) is 2.64. The fraction of sp³-hybridized carbons (Fsp3) is 0.385. The van der Waals surface area contributed by atoms with Gasteiger partial charge in [0.2, 0.25) is 6.10 Å². The van der Waals surface area contributed by atoms with Crippen LogP contribution in [0.5, 0.6) is 11.5 Å². The Balaban J connectivity index is 2.37. The fourth-order valence-corrected chi connectivity index (χ4v) is 1.96. The lowest BCUT2D eigenvalue weighted by Crippen LogP contribution is -2.23. The van der Waals surface area contributed by atoms with Crippen molar-refractivity contribution in [2.24, 2.45) is 0 Å². The highest BCUT2D eigenvalue weighted by atomic mass is 16.6. The number of carbonyl (C=O) groups excluding carboxylic acids is 2. The molecule has 1 atom stereocenters. The number of nitrogens with zero attached hydrogens (tertiary/aromatic N) is 1. The van der Waals surface area contributed by atoms with Gasteiger partial charge in [-0.1, -0.05) is 0 Å². The molecule has 0 radical (unpaired) electrons. The standard InChI is InChI=1S/C13H13NO8/c1-19-10-5-7(8(14(17)18)6-11(10)20-2)12(15)22-9-3-4-21-13(9)16/h5-6,9H,3-4H2,1-2H3/t9-/m1/s1. The normalized spacial score (nSPS) is 16.8. The van der Waals surface area contributed by atoms with E-state index in [1.807, 2.05) is 0 Å². The van der Waals surface area contributed by atoms with Gasteiger partial charge in [-0.25, -0.2) is 9.59 Å². The predicted octanol–water partition coefficient (Wildman–Crippen LogP) is 1.08. The minimum absolute atomic E-state index is 0.103. The predicted molar refractivity (Wildman–Crippen MR) is 71.0 cm³/mol. The van der Waals surface area contributed by atoms with E-state index in [0.29, 0.717) is 0 Å². The number of rotatable bonds is 5. The number of ether oxygens (including phenoxy) is 4. The van der Waals surface area contributed by atoms with Crippen LogP contribution in [-0.2, 0) is 14.3 Å². The molecule has 1 aromatic carbocycles. The number of methoxy groups -OCH3 is 2. The van der Waals surface area contributed by atoms with Crippen LogP contribution in [0.1, 0.15) is 16.8 Å². The minimum atomic E-state index is -1.06. The van der Waals surface area contributed by atoms with E-state index in [-0.39, 0.29) is 30.1 Å². The Morgan fingerprint density at radius 2 is 1.95 bits per heavy atom. The molecule has 0 N–H and O–H groups in total. The summed E-state index contributed by atoms with van der Waals surface area (Å²) < 4.78 is 19.6. The second-order valence-electron chi connectivity index (χ2n) is 4.33. The molecule has 0 aliphatic carbocycles. The molecule has 9 heteroatoms. The van der Waals surface area contributed by atoms with Gasteiger partial charge in [0, 0.05) is 12.5 Å². The zero-order valence-electron chi connectivity index (χ0n) is 11.9. The molecule has 2 rings (SSSR count). The van der Waals surface area contributed by atoms with Gasteiger partial charge < -0.3 is 18.9 Å². The van der Waals surface area contributed by atoms with Crippen LogP contribution in [0.4, 0.5) is 5.69 Å². The monoisotopic (exact) mass is 311 g/mol. The summed E-state index contributed by atoms with van der Waals surface area (Å²) in [4.78, 5) is 33.8. The van der Waals surface area contributed by atoms with E-state index in [1.54, 1.807) is 0 Å². The zero-order chi connectivity index (χ0) is 16.3. The number of carbonyl (C=O) groups is 2. The molecule has 9 nitrogen and oxygen atoms in total. The van der Waals surface area contributed by atoms with Crippen LogP contribution in [0.25, 0.3) is 0 Å². The molecular formula is C13H13NO8. The summed E-state index contributed by atoms with van der Waals surface area (Å²) in [5, 5.41) is 11.1. The van der Waals surface area contributed by atoms with E-state index in [0.717, 1.165) is 12.1 Å². The highest BCUT2D eigenvalue weighted by molar-refractivity contribution is 5.96. The quantitative estimate of drug-likeness (QED) is 0.451. The van der Waals surface area contributed by atoms with Crippen molar-refractivity contribution in [2.45, 2.75) is 12.5 Å². The molecule has 22 heavy (non-hydrogen) atoms. The van der Waals surface area contributed by atoms with Crippen LogP contribution >= 0.6 is 0 Å². The van der Waals surface area contributed by atoms with Crippen molar-refractivity contribution in [2.75, 3.05) is 20.8 Å². The summed E-state index contributed by atoms with van der Waals surface area (Å²) in [6.45, 7) is 0.144. The number of cyclic esters (lactones) is 1. The molecule has 118 valence electrons. The van der Waals surface area contributed by atoms with E-state index >= 15 is 0 Å². The summed E-state index contributed by atoms with van der Waals surface area (Å²) in [6.07, 6.45) is -0.841. The Hall–Kier alpha value is -2.84. The van der Waals surface area contributed by atoms with Crippen molar-refractivity contribution >= 4 is 17.6 Å². The molecule has 0 spiro atoms. The maximum atomic E-state index is 12.1. The third-order valence-electron chi connectivity index (χ3n) is 3.06. The van der Waals surface area contributed by atoms with Crippen molar-refractivity contribution in [3.05, 3.63) is 27.8 Å². The van der Waals surface area contributed by atoms with Gasteiger partial charge >= 0.3 is 11.9 Å². The number of nitro benzene ring substituents is 1. The van der Waals surface area contributed by atoms with Crippen molar-refractivity contribution in [1.82, 2.24) is 0 Å². The Kier molecular flexibility index (Phi) is 4.44. The lowest BCUT2D eigenvalue weighted by atomic mass is 10.1. The summed E-state index contributed by atoms with van der Waals surface area (Å²) in [5.41, 5.74) is -0.837. The molecule has 1 aliphatic heterocycles. The average Bonchev–Trinajstić information content (AvgIpc) is 2.90. The average molecular weight is 311 g/mol. The maximum absolute atomic E-state index is 12.1. The number of nitro groups is 1. The van der Waals surface area contributed by atoms with Gasteiger partial charge in [0.25, 0.3) is 5.69 Å². The Morgan fingerprint density at radius 3 is 2.45 bits per heavy atom. The van der Waals surface area contributed by atoms with Crippen LogP contribution in [0.2, 0.25) is 0 Å². The molecular weight excluding hydrogens is 298 g/mol. The second-order valence-corrected chi connectivity index (χ2v) is 4.33. The molecule has 0 unspecified atom stereocenters. The van der Waals surface area contributed by atoms with Gasteiger partial charge in [-0.2, -0.15) is 0 Å². The van der Waals surface area contributed by atoms with Gasteiger partial charge in [0.05, 0.1) is 31.8 Å². The molecule has 1 aromatic rings. The number of hydrogen-bond acceptors (Lipinski definition) is 8. The first-order valence-corrected chi connectivity index (χ1v) is 6.26. The molecule has 1 fully saturated rings. The first-order valence-electron chi connectivity index (χ1n) is 6.26. The minimum Gasteiger partial charge on any atom is -0.493 e. The topological polar surface area (TPSA) is 114 Å². The Morgan fingerprint density at radius 1 is 1.32 bits per heavy atom. The molecule has 0 aromatic heterocycles. The highest BCUT2D eigenvalue weighted by Gasteiger charge is 2.33. The molecule has 1 aliphatic rings. The van der Waals surface area contributed by atoms with Gasteiger partial charge in [0.15, 0.2) is 11.5 Å². The van der Waals surface area contributed by atoms with Crippen molar-refractivity contribution in [1.29, 1.82) is 0 Å². The van der Waals surface area contributed by atoms with E-state index in [4.69, 9.17) is 14.2 Å². The lowest BCUT2D eigenvalue weighted by Gasteiger charge is -2.11. The van der Waals surface area contributed by atoms with Gasteiger partial charge in [-0.05, 0) is 0 Å². The van der Waals surface area contributed by atoms with E-state index < -0.39 is 28.7 Å². The molecule has 0 saturated carbocycles. The number of benzene rings is 1. The largest absolute Gasteiger partial charge is 0.493 e. The SMILES string of the molecule is COc1cc(C(=O)O[C@@H]2CCOC2=O)c([N+](=O)[O-])cc1OC. The first kappa shape index (κ1) is 15.5. The smallest absolute Gasteiger partial charge is 0.347 e. The highest BCUT2D eigenvalue weighted by Crippen LogP contribution is 2.35. The van der Waals surface area contributed by atoms with E-state index in [1.165, 1.54) is 14.2 Å². The molecule has 1 heterocycles. The van der Waals surface area contributed by atoms with Crippen LogP contribution in [0, 0.1) is 10.1 Å². The first-order chi connectivity index (χ1) is 10.5. The van der Waals surface area contributed by atoms with Crippen molar-refractivity contribution in [3.63, 3.8) is 0 Å². The summed E-state index contributed by atoms with van der Waals surface area (Å²) in [5.74, 6) is -1.44. The lowest BCUT2D eigenvalue weighted by molar-refractivity contribution is -0.385. The molecule has 1 saturated heterocycles. The van der Waals surface area contributed by atoms with Crippen LogP contribution in [-0.4, -0.2) is 43.8 Å². The Bertz CT molecular complexity index is 627. The van der Waals surface area contributed by atoms with Crippen LogP contribution < -0.4 is 9.47 Å². The summed E-state index contributed by atoms with van der Waals surface area (Å²) in [6, 6.07) is 2.20. The van der Waals surface area contributed by atoms with E-state index in [9.17, 15) is 19.7 Å². The summed E-state index contributed by atoms with van der Waals surface area (Å²) >= 11 is 0. The van der Waals surface area contributed by atoms with Gasteiger partial charge in [-0.15, -0.1) is 0 Å². The molecule has 0 bridgehead atoms. The number of hydrogen-bond donors (Lipinski definition) is 0. The van der Waals surface area contributed by atoms with Crippen molar-refractivity contribution in [3.8, 4) is 11.5 Å². The van der Waals surface area contributed by atoms with E-state index in [2.05, 4.69) is 4.74 Å². The fourth-order valence-electron chi connectivity index (χ4n) is 1.96. The van der Waals surface area contributed by atoms with Gasteiger partial charge in [0.1, 0.15) is 5.56 Å².